The molecule has 0 aliphatic carbocycles. The average Bonchev–Trinajstić information content (AvgIpc) is 3.10. The van der Waals surface area contributed by atoms with Crippen molar-refractivity contribution in [3.05, 3.63) is 47.7 Å². The van der Waals surface area contributed by atoms with Gasteiger partial charge in [-0.3, -0.25) is 4.79 Å². The van der Waals surface area contributed by atoms with Crippen molar-refractivity contribution < 1.29 is 13.9 Å². The summed E-state index contributed by atoms with van der Waals surface area (Å²) < 4.78 is 21.3. The molecular formula is C20H22FN5O2. The quantitative estimate of drug-likeness (QED) is 0.693. The zero-order valence-electron chi connectivity index (χ0n) is 15.9. The highest BCUT2D eigenvalue weighted by atomic mass is 19.1. The maximum absolute atomic E-state index is 13.8. The number of nitrogens with zero attached hydrogens (tertiary/aromatic N) is 5. The summed E-state index contributed by atoms with van der Waals surface area (Å²) in [5, 5.41) is 5.15. The van der Waals surface area contributed by atoms with Crippen molar-refractivity contribution >= 4 is 16.9 Å². The Balaban J connectivity index is 1.53. The monoisotopic (exact) mass is 383 g/mol. The lowest BCUT2D eigenvalue weighted by Gasteiger charge is -2.33. The first kappa shape index (κ1) is 18.3. The fourth-order valence-corrected chi connectivity index (χ4v) is 3.55. The molecule has 28 heavy (non-hydrogen) atoms. The predicted molar refractivity (Wildman–Crippen MR) is 102 cm³/mol. The first-order valence-electron chi connectivity index (χ1n) is 9.46. The molecule has 4 heterocycles. The summed E-state index contributed by atoms with van der Waals surface area (Å²) in [6.45, 7) is 5.58. The molecule has 1 saturated heterocycles. The number of hydrogen-bond acceptors (Lipinski definition) is 5. The van der Waals surface area contributed by atoms with Gasteiger partial charge in [0.05, 0.1) is 24.0 Å². The molecule has 1 aliphatic heterocycles. The topological polar surface area (TPSA) is 73.1 Å². The third-order valence-electron chi connectivity index (χ3n) is 5.00. The number of hydrogen-bond donors (Lipinski definition) is 0. The summed E-state index contributed by atoms with van der Waals surface area (Å²) >= 11 is 0. The Morgan fingerprint density at radius 1 is 1.43 bits per heavy atom. The van der Waals surface area contributed by atoms with E-state index in [0.717, 1.165) is 30.4 Å². The predicted octanol–water partition coefficient (Wildman–Crippen LogP) is 2.98. The smallest absolute Gasteiger partial charge is 0.255 e. The van der Waals surface area contributed by atoms with E-state index in [-0.39, 0.29) is 17.9 Å². The van der Waals surface area contributed by atoms with Crippen LogP contribution in [0.25, 0.3) is 11.0 Å². The maximum Gasteiger partial charge on any atom is 0.255 e. The minimum absolute atomic E-state index is 0.0203. The molecule has 0 saturated carbocycles. The molecule has 4 rings (SSSR count). The third kappa shape index (κ3) is 3.42. The number of likely N-dealkylation sites (tertiary alicyclic amines) is 1. The number of piperidine rings is 1. The van der Waals surface area contributed by atoms with Gasteiger partial charge in [-0.15, -0.1) is 0 Å². The van der Waals surface area contributed by atoms with Crippen molar-refractivity contribution in [3.63, 3.8) is 0 Å². The van der Waals surface area contributed by atoms with Crippen LogP contribution in [0.5, 0.6) is 5.88 Å². The van der Waals surface area contributed by atoms with Crippen molar-refractivity contribution in [2.24, 2.45) is 0 Å². The van der Waals surface area contributed by atoms with Crippen LogP contribution in [0.3, 0.4) is 0 Å². The highest BCUT2D eigenvalue weighted by molar-refractivity contribution is 5.98. The third-order valence-corrected chi connectivity index (χ3v) is 5.00. The van der Waals surface area contributed by atoms with Crippen LogP contribution in [0, 0.1) is 12.7 Å². The van der Waals surface area contributed by atoms with Gasteiger partial charge in [0, 0.05) is 24.7 Å². The van der Waals surface area contributed by atoms with Gasteiger partial charge < -0.3 is 9.64 Å². The van der Waals surface area contributed by atoms with Gasteiger partial charge in [0.25, 0.3) is 11.8 Å². The van der Waals surface area contributed by atoms with Gasteiger partial charge in [0.2, 0.25) is 0 Å². The zero-order chi connectivity index (χ0) is 19.7. The highest BCUT2D eigenvalue weighted by Gasteiger charge is 2.28. The molecule has 7 nitrogen and oxygen atoms in total. The van der Waals surface area contributed by atoms with Gasteiger partial charge >= 0.3 is 0 Å². The lowest BCUT2D eigenvalue weighted by atomic mass is 10.1. The number of rotatable bonds is 4. The Bertz CT molecular complexity index is 1020. The van der Waals surface area contributed by atoms with Crippen LogP contribution in [-0.2, 0) is 6.54 Å². The SMILES string of the molecule is CCn1ncc2cc(C(=O)N3CCCC(Oc4ncccc4F)C3)c(C)nc21. The molecule has 3 aromatic heterocycles. The molecule has 146 valence electrons. The van der Waals surface area contributed by atoms with E-state index in [1.165, 1.54) is 18.3 Å². The largest absolute Gasteiger partial charge is 0.470 e. The second-order valence-corrected chi connectivity index (χ2v) is 6.92. The maximum atomic E-state index is 13.8. The van der Waals surface area contributed by atoms with Crippen molar-refractivity contribution in [1.29, 1.82) is 0 Å². The van der Waals surface area contributed by atoms with Crippen molar-refractivity contribution in [1.82, 2.24) is 24.6 Å². The molecule has 8 heteroatoms. The van der Waals surface area contributed by atoms with Gasteiger partial charge in [-0.05, 0) is 44.9 Å². The van der Waals surface area contributed by atoms with E-state index in [1.807, 2.05) is 24.6 Å². The molecule has 0 aromatic carbocycles. The van der Waals surface area contributed by atoms with E-state index in [0.29, 0.717) is 24.3 Å². The summed E-state index contributed by atoms with van der Waals surface area (Å²) in [5.74, 6) is -0.608. The Hall–Kier alpha value is -3.03. The summed E-state index contributed by atoms with van der Waals surface area (Å²) in [6, 6.07) is 4.68. The average molecular weight is 383 g/mol. The fourth-order valence-electron chi connectivity index (χ4n) is 3.55. The number of aromatic nitrogens is 4. The molecule has 1 unspecified atom stereocenters. The number of amides is 1. The Labute approximate surface area is 162 Å². The summed E-state index contributed by atoms with van der Waals surface area (Å²) in [6.07, 6.45) is 4.47. The Morgan fingerprint density at radius 3 is 3.07 bits per heavy atom. The van der Waals surface area contributed by atoms with Crippen LogP contribution < -0.4 is 4.74 Å². The second-order valence-electron chi connectivity index (χ2n) is 6.92. The molecular weight excluding hydrogens is 361 g/mol. The fraction of sp³-hybridized carbons (Fsp3) is 0.400. The van der Waals surface area contributed by atoms with E-state index in [2.05, 4.69) is 15.1 Å². The highest BCUT2D eigenvalue weighted by Crippen LogP contribution is 2.22. The summed E-state index contributed by atoms with van der Waals surface area (Å²) in [4.78, 5) is 23.4. The Morgan fingerprint density at radius 2 is 2.29 bits per heavy atom. The van der Waals surface area contributed by atoms with Crippen molar-refractivity contribution in [2.75, 3.05) is 13.1 Å². The standard InChI is InChI=1S/C20H22FN5O2/c1-3-26-18-14(11-23-26)10-16(13(2)24-18)20(27)25-9-5-6-15(12-25)28-19-17(21)7-4-8-22-19/h4,7-8,10-11,15H,3,5-6,9,12H2,1-2H3. The first-order chi connectivity index (χ1) is 13.6. The van der Waals surface area contributed by atoms with E-state index >= 15 is 0 Å². The lowest BCUT2D eigenvalue weighted by Crippen LogP contribution is -2.44. The van der Waals surface area contributed by atoms with Gasteiger partial charge in [-0.1, -0.05) is 0 Å². The lowest BCUT2D eigenvalue weighted by molar-refractivity contribution is 0.0517. The van der Waals surface area contributed by atoms with Crippen molar-refractivity contribution in [2.45, 2.75) is 39.3 Å². The van der Waals surface area contributed by atoms with Crippen LogP contribution in [0.2, 0.25) is 0 Å². The number of carbonyl (C=O) groups is 1. The number of carbonyl (C=O) groups excluding carboxylic acids is 1. The molecule has 3 aromatic rings. The van der Waals surface area contributed by atoms with E-state index < -0.39 is 5.82 Å². The number of ether oxygens (including phenoxy) is 1. The van der Waals surface area contributed by atoms with Gasteiger partial charge in [0.15, 0.2) is 11.5 Å². The normalized spacial score (nSPS) is 17.1. The minimum atomic E-state index is -0.496. The van der Waals surface area contributed by atoms with Crippen LogP contribution >= 0.6 is 0 Å². The molecule has 0 bridgehead atoms. The molecule has 1 atom stereocenters. The van der Waals surface area contributed by atoms with E-state index in [1.54, 1.807) is 11.1 Å². The van der Waals surface area contributed by atoms with Gasteiger partial charge in [-0.2, -0.15) is 5.10 Å². The minimum Gasteiger partial charge on any atom is -0.470 e. The molecule has 1 fully saturated rings. The molecule has 0 spiro atoms. The zero-order valence-corrected chi connectivity index (χ0v) is 15.9. The van der Waals surface area contributed by atoms with Crippen molar-refractivity contribution in [3.8, 4) is 5.88 Å². The number of halogens is 1. The number of fused-ring (bicyclic) bond motifs is 1. The molecule has 1 amide bonds. The molecule has 0 N–H and O–H groups in total. The Kier molecular flexibility index (Phi) is 4.93. The van der Waals surface area contributed by atoms with Crippen LogP contribution in [0.4, 0.5) is 4.39 Å². The second kappa shape index (κ2) is 7.53. The van der Waals surface area contributed by atoms with Gasteiger partial charge in [-0.25, -0.2) is 19.0 Å². The summed E-state index contributed by atoms with van der Waals surface area (Å²) in [7, 11) is 0. The van der Waals surface area contributed by atoms with Crippen LogP contribution in [0.1, 0.15) is 35.8 Å². The van der Waals surface area contributed by atoms with Crippen LogP contribution in [-0.4, -0.2) is 49.7 Å². The molecule has 0 radical (unpaired) electrons. The van der Waals surface area contributed by atoms with E-state index in [4.69, 9.17) is 4.74 Å². The number of pyridine rings is 2. The van der Waals surface area contributed by atoms with Crippen LogP contribution in [0.15, 0.2) is 30.6 Å². The summed E-state index contributed by atoms with van der Waals surface area (Å²) in [5.41, 5.74) is 2.02. The molecule has 1 aliphatic rings. The van der Waals surface area contributed by atoms with E-state index in [9.17, 15) is 9.18 Å². The van der Waals surface area contributed by atoms with Gasteiger partial charge in [0.1, 0.15) is 6.10 Å². The number of aryl methyl sites for hydroxylation is 2. The first-order valence-corrected chi connectivity index (χ1v) is 9.46.